The second-order valence-electron chi connectivity index (χ2n) is 3.51. The van der Waals surface area contributed by atoms with Crippen LogP contribution in [0.2, 0.25) is 0 Å². The number of hydrogen-bond donors (Lipinski definition) is 1. The third kappa shape index (κ3) is 3.69. The van der Waals surface area contributed by atoms with Crippen LogP contribution in [0.5, 0.6) is 0 Å². The summed E-state index contributed by atoms with van der Waals surface area (Å²) in [6, 6.07) is 1.77. The minimum absolute atomic E-state index is 0.104. The summed E-state index contributed by atoms with van der Waals surface area (Å²) in [6.45, 7) is 2.98. The van der Waals surface area contributed by atoms with Crippen LogP contribution in [-0.2, 0) is 0 Å². The molecule has 0 bridgehead atoms. The Kier molecular flexibility index (Phi) is 4.54. The summed E-state index contributed by atoms with van der Waals surface area (Å²) in [5.41, 5.74) is 1.44. The molecule has 0 aromatic carbocycles. The summed E-state index contributed by atoms with van der Waals surface area (Å²) in [4.78, 5) is 9.44. The zero-order chi connectivity index (χ0) is 12.1. The topological polar surface area (TPSA) is 49.2 Å². The molecule has 0 atom stereocenters. The van der Waals surface area contributed by atoms with Crippen molar-refractivity contribution in [3.05, 3.63) is 17.5 Å². The molecule has 0 unspecified atom stereocenters. The Bertz CT molecular complexity index is 327. The molecule has 0 spiro atoms. The van der Waals surface area contributed by atoms with Gasteiger partial charge in [0.25, 0.3) is 6.43 Å². The van der Waals surface area contributed by atoms with Gasteiger partial charge in [-0.3, -0.25) is 0 Å². The fraction of sp³-hybridized carbons (Fsp3) is 0.600. The zero-order valence-corrected chi connectivity index (χ0v) is 9.32. The van der Waals surface area contributed by atoms with Crippen LogP contribution in [0.4, 0.5) is 14.7 Å². The molecule has 6 heteroatoms. The number of hydrogen-bond acceptors (Lipinski definition) is 4. The molecule has 1 aromatic heterocycles. The van der Waals surface area contributed by atoms with Gasteiger partial charge in [-0.2, -0.15) is 0 Å². The first-order valence-electron chi connectivity index (χ1n) is 4.99. The number of nitrogens with zero attached hydrogens (tertiary/aromatic N) is 3. The number of aliphatic hydroxyl groups excluding tert-OH is 1. The van der Waals surface area contributed by atoms with Crippen LogP contribution in [0, 0.1) is 13.8 Å². The maximum Gasteiger partial charge on any atom is 0.255 e. The van der Waals surface area contributed by atoms with E-state index in [1.54, 1.807) is 19.9 Å². The molecule has 0 aliphatic rings. The van der Waals surface area contributed by atoms with E-state index in [9.17, 15) is 8.78 Å². The Morgan fingerprint density at radius 2 is 1.88 bits per heavy atom. The Morgan fingerprint density at radius 1 is 1.31 bits per heavy atom. The Hall–Kier alpha value is -1.30. The van der Waals surface area contributed by atoms with Gasteiger partial charge in [-0.1, -0.05) is 0 Å². The predicted octanol–water partition coefficient (Wildman–Crippen LogP) is 1.16. The monoisotopic (exact) mass is 231 g/mol. The number of rotatable bonds is 5. The van der Waals surface area contributed by atoms with Crippen molar-refractivity contribution >= 4 is 5.95 Å². The van der Waals surface area contributed by atoms with Crippen molar-refractivity contribution < 1.29 is 13.9 Å². The summed E-state index contributed by atoms with van der Waals surface area (Å²) in [6.07, 6.45) is -2.48. The van der Waals surface area contributed by atoms with Crippen LogP contribution < -0.4 is 4.90 Å². The molecule has 0 radical (unpaired) electrons. The van der Waals surface area contributed by atoms with Gasteiger partial charge in [-0.25, -0.2) is 18.7 Å². The first kappa shape index (κ1) is 12.8. The lowest BCUT2D eigenvalue weighted by Crippen LogP contribution is -2.33. The molecule has 0 aliphatic carbocycles. The first-order valence-corrected chi connectivity index (χ1v) is 4.99. The summed E-state index contributed by atoms with van der Waals surface area (Å²) < 4.78 is 24.6. The molecule has 0 amide bonds. The van der Waals surface area contributed by atoms with Gasteiger partial charge in [0.2, 0.25) is 5.95 Å². The van der Waals surface area contributed by atoms with Crippen LogP contribution in [0.3, 0.4) is 0 Å². The lowest BCUT2D eigenvalue weighted by atomic mass is 10.3. The van der Waals surface area contributed by atoms with E-state index in [4.69, 9.17) is 5.11 Å². The second-order valence-corrected chi connectivity index (χ2v) is 3.51. The summed E-state index contributed by atoms with van der Waals surface area (Å²) in [5, 5.41) is 8.81. The third-order valence-electron chi connectivity index (χ3n) is 1.98. The van der Waals surface area contributed by atoms with Crippen molar-refractivity contribution in [1.29, 1.82) is 0 Å². The van der Waals surface area contributed by atoms with Crippen LogP contribution in [0.25, 0.3) is 0 Å². The SMILES string of the molecule is Cc1cc(C)nc(N(CCO)CC(F)F)n1. The molecule has 1 N–H and O–H groups in total. The number of halogens is 2. The minimum Gasteiger partial charge on any atom is -0.395 e. The standard InChI is InChI=1S/C10H15F2N3O/c1-7-5-8(2)14-10(13-7)15(3-4-16)6-9(11)12/h5,9,16H,3-4,6H2,1-2H3. The molecule has 0 aliphatic heterocycles. The molecule has 1 rings (SSSR count). The first-order chi connectivity index (χ1) is 7.52. The average molecular weight is 231 g/mol. The van der Waals surface area contributed by atoms with Crippen LogP contribution in [0.15, 0.2) is 6.07 Å². The molecule has 0 fully saturated rings. The molecule has 4 nitrogen and oxygen atoms in total. The highest BCUT2D eigenvalue weighted by Gasteiger charge is 2.15. The van der Waals surface area contributed by atoms with Gasteiger partial charge in [-0.15, -0.1) is 0 Å². The van der Waals surface area contributed by atoms with E-state index >= 15 is 0 Å². The third-order valence-corrected chi connectivity index (χ3v) is 1.98. The van der Waals surface area contributed by atoms with Gasteiger partial charge in [0.15, 0.2) is 0 Å². The van der Waals surface area contributed by atoms with Crippen LogP contribution in [0.1, 0.15) is 11.4 Å². The summed E-state index contributed by atoms with van der Waals surface area (Å²) in [7, 11) is 0. The molecular formula is C10H15F2N3O. The van der Waals surface area contributed by atoms with Gasteiger partial charge < -0.3 is 10.0 Å². The number of aromatic nitrogens is 2. The van der Waals surface area contributed by atoms with Crippen LogP contribution >= 0.6 is 0 Å². The highest BCUT2D eigenvalue weighted by molar-refractivity contribution is 5.32. The average Bonchev–Trinajstić information content (AvgIpc) is 2.14. The van der Waals surface area contributed by atoms with Crippen LogP contribution in [-0.4, -0.2) is 41.2 Å². The summed E-state index contributed by atoms with van der Waals surface area (Å²) >= 11 is 0. The molecular weight excluding hydrogens is 216 g/mol. The number of aliphatic hydroxyl groups is 1. The van der Waals surface area contributed by atoms with Gasteiger partial charge in [0, 0.05) is 17.9 Å². The van der Waals surface area contributed by atoms with E-state index in [0.717, 1.165) is 11.4 Å². The largest absolute Gasteiger partial charge is 0.395 e. The number of alkyl halides is 2. The van der Waals surface area contributed by atoms with E-state index in [1.165, 1.54) is 4.90 Å². The number of anilines is 1. The van der Waals surface area contributed by atoms with E-state index in [1.807, 2.05) is 0 Å². The van der Waals surface area contributed by atoms with E-state index in [0.29, 0.717) is 0 Å². The van der Waals surface area contributed by atoms with E-state index in [2.05, 4.69) is 9.97 Å². The van der Waals surface area contributed by atoms with Crippen molar-refractivity contribution in [3.63, 3.8) is 0 Å². The predicted molar refractivity (Wildman–Crippen MR) is 56.8 cm³/mol. The van der Waals surface area contributed by atoms with E-state index in [-0.39, 0.29) is 19.1 Å². The molecule has 0 saturated heterocycles. The quantitative estimate of drug-likeness (QED) is 0.826. The Balaban J connectivity index is 2.90. The van der Waals surface area contributed by atoms with Gasteiger partial charge in [0.05, 0.1) is 13.2 Å². The van der Waals surface area contributed by atoms with Crippen molar-refractivity contribution in [3.8, 4) is 0 Å². The van der Waals surface area contributed by atoms with Crippen molar-refractivity contribution in [2.45, 2.75) is 20.3 Å². The smallest absolute Gasteiger partial charge is 0.255 e. The Morgan fingerprint density at radius 3 is 2.31 bits per heavy atom. The lowest BCUT2D eigenvalue weighted by Gasteiger charge is -2.21. The van der Waals surface area contributed by atoms with Crippen molar-refractivity contribution in [2.24, 2.45) is 0 Å². The molecule has 16 heavy (non-hydrogen) atoms. The fourth-order valence-corrected chi connectivity index (χ4v) is 1.41. The molecule has 90 valence electrons. The Labute approximate surface area is 92.9 Å². The second kappa shape index (κ2) is 5.69. The lowest BCUT2D eigenvalue weighted by molar-refractivity contribution is 0.152. The van der Waals surface area contributed by atoms with Crippen molar-refractivity contribution in [1.82, 2.24) is 9.97 Å². The van der Waals surface area contributed by atoms with Gasteiger partial charge >= 0.3 is 0 Å². The minimum atomic E-state index is -2.48. The molecule has 0 saturated carbocycles. The fourth-order valence-electron chi connectivity index (χ4n) is 1.41. The van der Waals surface area contributed by atoms with Crippen molar-refractivity contribution in [2.75, 3.05) is 24.6 Å². The zero-order valence-electron chi connectivity index (χ0n) is 9.32. The molecule has 1 heterocycles. The normalized spacial score (nSPS) is 10.9. The van der Waals surface area contributed by atoms with E-state index < -0.39 is 13.0 Å². The highest BCUT2D eigenvalue weighted by Crippen LogP contribution is 2.11. The maximum atomic E-state index is 12.3. The van der Waals surface area contributed by atoms with Gasteiger partial charge in [-0.05, 0) is 19.9 Å². The summed E-state index contributed by atoms with van der Waals surface area (Å²) in [5.74, 6) is 0.242. The van der Waals surface area contributed by atoms with Gasteiger partial charge in [0.1, 0.15) is 0 Å². The molecule has 1 aromatic rings. The highest BCUT2D eigenvalue weighted by atomic mass is 19.3. The number of aryl methyl sites for hydroxylation is 2. The maximum absolute atomic E-state index is 12.3.